The van der Waals surface area contributed by atoms with Gasteiger partial charge in [-0.25, -0.2) is 9.97 Å². The van der Waals surface area contributed by atoms with Gasteiger partial charge in [-0.15, -0.1) is 0 Å². The predicted octanol–water partition coefficient (Wildman–Crippen LogP) is 15.2. The number of hydrogen-bond acceptors (Lipinski definition) is 2. The summed E-state index contributed by atoms with van der Waals surface area (Å²) < 4.78 is 0. The maximum Gasteiger partial charge on any atom is 0.160 e. The Bertz CT molecular complexity index is 3490. The summed E-state index contributed by atoms with van der Waals surface area (Å²) in [5, 5.41) is 12.5. The molecule has 0 radical (unpaired) electrons. The third-order valence-corrected chi connectivity index (χ3v) is 12.8. The number of rotatable bonds is 4. The normalized spacial score (nSPS) is 13.1. The predicted molar refractivity (Wildman–Crippen MR) is 249 cm³/mol. The molecule has 0 aliphatic heterocycles. The van der Waals surface area contributed by atoms with Crippen LogP contribution in [0.3, 0.4) is 0 Å². The molecule has 0 spiro atoms. The molecular weight excluding hydrogens is 713 g/mol. The number of aromatic nitrogens is 2. The van der Waals surface area contributed by atoms with E-state index < -0.39 is 0 Å². The molecule has 0 amide bonds. The summed E-state index contributed by atoms with van der Waals surface area (Å²) in [6.07, 6.45) is 0. The van der Waals surface area contributed by atoms with Crippen molar-refractivity contribution in [1.82, 2.24) is 9.97 Å². The highest BCUT2D eigenvalue weighted by atomic mass is 14.9. The zero-order chi connectivity index (χ0) is 39.2. The molecule has 0 unspecified atom stereocenters. The molecule has 1 heterocycles. The van der Waals surface area contributed by atoms with Crippen LogP contribution in [0.2, 0.25) is 0 Å². The van der Waals surface area contributed by atoms with Crippen LogP contribution in [0, 0.1) is 0 Å². The van der Waals surface area contributed by atoms with E-state index in [1.54, 1.807) is 0 Å². The monoisotopic (exact) mass is 750 g/mol. The minimum atomic E-state index is -0.172. The summed E-state index contributed by atoms with van der Waals surface area (Å²) in [6, 6.07) is 70.7. The molecule has 2 nitrogen and oxygen atoms in total. The van der Waals surface area contributed by atoms with E-state index in [4.69, 9.17) is 9.97 Å². The lowest BCUT2D eigenvalue weighted by Gasteiger charge is -2.25. The summed E-state index contributed by atoms with van der Waals surface area (Å²) >= 11 is 0. The quantitative estimate of drug-likeness (QED) is 0.167. The molecule has 0 N–H and O–H groups in total. The highest BCUT2D eigenvalue weighted by molar-refractivity contribution is 6.25. The summed E-state index contributed by atoms with van der Waals surface area (Å²) in [4.78, 5) is 10.6. The highest BCUT2D eigenvalue weighted by Crippen LogP contribution is 2.54. The van der Waals surface area contributed by atoms with Gasteiger partial charge in [0.1, 0.15) is 0 Å². The van der Waals surface area contributed by atoms with Crippen molar-refractivity contribution in [2.24, 2.45) is 0 Å². The Morgan fingerprint density at radius 2 is 0.847 bits per heavy atom. The van der Waals surface area contributed by atoms with Gasteiger partial charge >= 0.3 is 0 Å². The molecule has 2 heteroatoms. The van der Waals surface area contributed by atoms with Gasteiger partial charge in [-0.1, -0.05) is 184 Å². The maximum atomic E-state index is 5.33. The first-order valence-corrected chi connectivity index (χ1v) is 20.5. The van der Waals surface area contributed by atoms with Crippen LogP contribution in [0.25, 0.3) is 110 Å². The average Bonchev–Trinajstić information content (AvgIpc) is 3.52. The van der Waals surface area contributed by atoms with Crippen LogP contribution in [0.4, 0.5) is 0 Å². The van der Waals surface area contributed by atoms with E-state index in [2.05, 4.69) is 202 Å². The zero-order valence-corrected chi connectivity index (χ0v) is 32.9. The van der Waals surface area contributed by atoms with Gasteiger partial charge in [0.25, 0.3) is 0 Å². The van der Waals surface area contributed by atoms with E-state index in [-0.39, 0.29) is 5.41 Å². The molecule has 0 bridgehead atoms. The molecular formula is C57H38N2. The van der Waals surface area contributed by atoms with Crippen LogP contribution in [0.15, 0.2) is 194 Å². The van der Waals surface area contributed by atoms with Gasteiger partial charge in [-0.3, -0.25) is 0 Å². The highest BCUT2D eigenvalue weighted by Gasteiger charge is 2.38. The molecule has 12 rings (SSSR count). The SMILES string of the molecule is CC1(C)c2cc3ccccc3cc2-c2cccc(-c3ccc(-c4cc(-c5ccc6c7ccccc7c7ccccc7c6c5)nc(-c5ccccc5)n4)c4ccccc34)c21. The molecule has 0 fully saturated rings. The van der Waals surface area contributed by atoms with Gasteiger partial charge in [-0.2, -0.15) is 0 Å². The Kier molecular flexibility index (Phi) is 7.31. The van der Waals surface area contributed by atoms with Crippen molar-refractivity contribution in [3.05, 3.63) is 205 Å². The lowest BCUT2D eigenvalue weighted by Crippen LogP contribution is -2.16. The van der Waals surface area contributed by atoms with Crippen molar-refractivity contribution in [2.45, 2.75) is 19.3 Å². The third kappa shape index (κ3) is 5.13. The van der Waals surface area contributed by atoms with Crippen LogP contribution in [0.5, 0.6) is 0 Å². The Morgan fingerprint density at radius 3 is 1.54 bits per heavy atom. The molecule has 1 aromatic heterocycles. The molecule has 276 valence electrons. The Balaban J connectivity index is 1.06. The van der Waals surface area contributed by atoms with E-state index in [0.717, 1.165) is 28.1 Å². The number of benzene rings is 10. The van der Waals surface area contributed by atoms with E-state index >= 15 is 0 Å². The minimum Gasteiger partial charge on any atom is -0.228 e. The first-order valence-electron chi connectivity index (χ1n) is 20.5. The molecule has 0 saturated heterocycles. The van der Waals surface area contributed by atoms with Gasteiger partial charge < -0.3 is 0 Å². The van der Waals surface area contributed by atoms with Crippen molar-refractivity contribution < 1.29 is 0 Å². The largest absolute Gasteiger partial charge is 0.228 e. The second kappa shape index (κ2) is 12.8. The molecule has 0 saturated carbocycles. The first kappa shape index (κ1) is 33.7. The van der Waals surface area contributed by atoms with Crippen molar-refractivity contribution >= 4 is 53.9 Å². The topological polar surface area (TPSA) is 25.8 Å². The Hall–Kier alpha value is -7.42. The van der Waals surface area contributed by atoms with Gasteiger partial charge in [0.05, 0.1) is 11.4 Å². The fourth-order valence-corrected chi connectivity index (χ4v) is 10.1. The molecule has 59 heavy (non-hydrogen) atoms. The molecule has 11 aromatic rings. The van der Waals surface area contributed by atoms with E-state index in [1.165, 1.54) is 87.2 Å². The Morgan fingerprint density at radius 1 is 0.322 bits per heavy atom. The van der Waals surface area contributed by atoms with Crippen LogP contribution in [0.1, 0.15) is 25.0 Å². The Labute approximate surface area is 343 Å². The van der Waals surface area contributed by atoms with Crippen molar-refractivity contribution in [3.63, 3.8) is 0 Å². The van der Waals surface area contributed by atoms with Crippen LogP contribution < -0.4 is 0 Å². The minimum absolute atomic E-state index is 0.172. The second-order valence-electron chi connectivity index (χ2n) is 16.5. The number of fused-ring (bicyclic) bond motifs is 11. The molecule has 1 aliphatic rings. The van der Waals surface area contributed by atoms with Gasteiger partial charge in [0.2, 0.25) is 0 Å². The fraction of sp³-hybridized carbons (Fsp3) is 0.0526. The second-order valence-corrected chi connectivity index (χ2v) is 16.5. The maximum absolute atomic E-state index is 5.33. The first-order chi connectivity index (χ1) is 29.0. The van der Waals surface area contributed by atoms with E-state index in [0.29, 0.717) is 5.82 Å². The van der Waals surface area contributed by atoms with E-state index in [1.807, 2.05) is 6.07 Å². The third-order valence-electron chi connectivity index (χ3n) is 12.8. The lowest BCUT2D eigenvalue weighted by atomic mass is 9.78. The summed E-state index contributed by atoms with van der Waals surface area (Å²) in [6.45, 7) is 4.77. The van der Waals surface area contributed by atoms with Crippen molar-refractivity contribution in [3.8, 4) is 56.2 Å². The summed E-state index contributed by atoms with van der Waals surface area (Å²) in [5.41, 5.74) is 12.7. The zero-order valence-electron chi connectivity index (χ0n) is 32.9. The van der Waals surface area contributed by atoms with Gasteiger partial charge in [-0.05, 0) is 112 Å². The van der Waals surface area contributed by atoms with Crippen molar-refractivity contribution in [1.29, 1.82) is 0 Å². The van der Waals surface area contributed by atoms with Crippen molar-refractivity contribution in [2.75, 3.05) is 0 Å². The average molecular weight is 751 g/mol. The van der Waals surface area contributed by atoms with Crippen LogP contribution >= 0.6 is 0 Å². The van der Waals surface area contributed by atoms with E-state index in [9.17, 15) is 0 Å². The summed E-state index contributed by atoms with van der Waals surface area (Å²) in [7, 11) is 0. The smallest absolute Gasteiger partial charge is 0.160 e. The number of hydrogen-bond donors (Lipinski definition) is 0. The van der Waals surface area contributed by atoms with Gasteiger partial charge in [0.15, 0.2) is 5.82 Å². The van der Waals surface area contributed by atoms with Crippen LogP contribution in [-0.2, 0) is 5.41 Å². The standard InChI is InChI=1S/C57H38N2/c1-57(2)52-33-37-18-7-6-17-36(37)31-51(52)49-26-14-25-48(55(49)57)45-29-30-47(43-23-12-10-22-42(43)45)54-34-53(58-56(59-54)35-15-4-3-5-16-35)38-27-28-46-41-21-9-8-19-39(41)40-20-11-13-24-44(40)50(46)32-38/h3-34H,1-2H3. The van der Waals surface area contributed by atoms with Gasteiger partial charge in [0, 0.05) is 22.1 Å². The lowest BCUT2D eigenvalue weighted by molar-refractivity contribution is 0.663. The summed E-state index contributed by atoms with van der Waals surface area (Å²) in [5.74, 6) is 0.711. The molecule has 1 aliphatic carbocycles. The fourth-order valence-electron chi connectivity index (χ4n) is 10.1. The molecule has 0 atom stereocenters. The van der Waals surface area contributed by atoms with Crippen LogP contribution in [-0.4, -0.2) is 9.97 Å². The number of nitrogens with zero attached hydrogens (tertiary/aromatic N) is 2. The molecule has 10 aromatic carbocycles.